The van der Waals surface area contributed by atoms with E-state index >= 15 is 0 Å². The number of hydrogen-bond donors (Lipinski definition) is 4. The molecule has 0 heterocycles. The summed E-state index contributed by atoms with van der Waals surface area (Å²) < 4.78 is 5.53. The third-order valence-electron chi connectivity index (χ3n) is 6.38. The van der Waals surface area contributed by atoms with E-state index in [9.17, 15) is 19.5 Å². The van der Waals surface area contributed by atoms with Crippen LogP contribution in [-0.2, 0) is 14.3 Å². The largest absolute Gasteiger partial charge is 0.481 e. The Morgan fingerprint density at radius 3 is 2.03 bits per heavy atom. The van der Waals surface area contributed by atoms with E-state index in [2.05, 4.69) is 10.6 Å². The van der Waals surface area contributed by atoms with E-state index in [1.165, 1.54) is 0 Å². The molecule has 2 amide bonds. The molecule has 0 saturated carbocycles. The van der Waals surface area contributed by atoms with Crippen LogP contribution in [0.4, 0.5) is 4.79 Å². The standard InChI is InChI=1S/C27H34N2O6/c1-27(2,3)23(14-15-30)29-25(33)22(12-13-24(31)32)28-26(34)35-16-21-19-10-6-4-8-17(19)18-9-5-7-11-20(18)21/h4-11,21-23,30H,12-16H2,1-3H3,(H,28,34)(H,29,33)(H,31,32). The smallest absolute Gasteiger partial charge is 0.407 e. The Bertz CT molecular complexity index is 1020. The highest BCUT2D eigenvalue weighted by atomic mass is 16.5. The topological polar surface area (TPSA) is 125 Å². The van der Waals surface area contributed by atoms with Gasteiger partial charge in [0, 0.05) is 25.0 Å². The van der Waals surface area contributed by atoms with Gasteiger partial charge < -0.3 is 25.6 Å². The normalized spacial score (nSPS) is 14.4. The minimum Gasteiger partial charge on any atom is -0.481 e. The minimum absolute atomic E-state index is 0.0820. The fourth-order valence-electron chi connectivity index (χ4n) is 4.44. The zero-order valence-corrected chi connectivity index (χ0v) is 20.4. The molecule has 0 aromatic heterocycles. The van der Waals surface area contributed by atoms with Crippen molar-refractivity contribution >= 4 is 18.0 Å². The first-order valence-corrected chi connectivity index (χ1v) is 11.9. The van der Waals surface area contributed by atoms with Gasteiger partial charge >= 0.3 is 12.1 Å². The summed E-state index contributed by atoms with van der Waals surface area (Å²) in [6.45, 7) is 5.76. The lowest BCUT2D eigenvalue weighted by molar-refractivity contribution is -0.137. The van der Waals surface area contributed by atoms with Gasteiger partial charge in [-0.3, -0.25) is 9.59 Å². The number of rotatable bonds is 10. The molecule has 4 N–H and O–H groups in total. The highest BCUT2D eigenvalue weighted by Gasteiger charge is 2.32. The molecule has 8 nitrogen and oxygen atoms in total. The Hall–Kier alpha value is -3.39. The van der Waals surface area contributed by atoms with Crippen molar-refractivity contribution in [2.45, 2.75) is 58.0 Å². The van der Waals surface area contributed by atoms with Crippen molar-refractivity contribution < 1.29 is 29.3 Å². The lowest BCUT2D eigenvalue weighted by Gasteiger charge is -2.32. The summed E-state index contributed by atoms with van der Waals surface area (Å²) in [4.78, 5) is 36.8. The van der Waals surface area contributed by atoms with Gasteiger partial charge in [-0.05, 0) is 40.5 Å². The van der Waals surface area contributed by atoms with E-state index in [1.54, 1.807) is 0 Å². The van der Waals surface area contributed by atoms with Crippen LogP contribution < -0.4 is 10.6 Å². The molecule has 2 unspecified atom stereocenters. The summed E-state index contributed by atoms with van der Waals surface area (Å²) in [5.74, 6) is -1.71. The first-order valence-electron chi connectivity index (χ1n) is 11.9. The molecule has 1 aliphatic carbocycles. The van der Waals surface area contributed by atoms with Gasteiger partial charge in [0.05, 0.1) is 0 Å². The lowest BCUT2D eigenvalue weighted by atomic mass is 9.84. The molecule has 0 radical (unpaired) electrons. The number of carbonyl (C=O) groups is 3. The number of carboxylic acids is 1. The fourth-order valence-corrected chi connectivity index (χ4v) is 4.44. The van der Waals surface area contributed by atoms with Crippen LogP contribution >= 0.6 is 0 Å². The van der Waals surface area contributed by atoms with Gasteiger partial charge in [0.2, 0.25) is 5.91 Å². The number of aliphatic carboxylic acids is 1. The number of ether oxygens (including phenoxy) is 1. The van der Waals surface area contributed by atoms with E-state index in [0.717, 1.165) is 22.3 Å². The van der Waals surface area contributed by atoms with Crippen LogP contribution in [0.25, 0.3) is 11.1 Å². The van der Waals surface area contributed by atoms with Gasteiger partial charge in [0.25, 0.3) is 0 Å². The second-order valence-corrected chi connectivity index (χ2v) is 9.89. The van der Waals surface area contributed by atoms with Crippen molar-refractivity contribution in [3.63, 3.8) is 0 Å². The van der Waals surface area contributed by atoms with Crippen molar-refractivity contribution in [2.75, 3.05) is 13.2 Å². The molecule has 0 aliphatic heterocycles. The summed E-state index contributed by atoms with van der Waals surface area (Å²) in [6, 6.07) is 14.5. The molecule has 2 aromatic rings. The average Bonchev–Trinajstić information content (AvgIpc) is 3.13. The predicted molar refractivity (Wildman–Crippen MR) is 132 cm³/mol. The van der Waals surface area contributed by atoms with Gasteiger partial charge in [-0.25, -0.2) is 4.79 Å². The molecule has 2 aromatic carbocycles. The van der Waals surface area contributed by atoms with E-state index in [4.69, 9.17) is 9.84 Å². The molecule has 2 atom stereocenters. The summed E-state index contributed by atoms with van der Waals surface area (Å²) in [7, 11) is 0. The maximum atomic E-state index is 13.0. The van der Waals surface area contributed by atoms with Crippen molar-refractivity contribution in [1.82, 2.24) is 10.6 Å². The van der Waals surface area contributed by atoms with Gasteiger partial charge in [-0.1, -0.05) is 69.3 Å². The van der Waals surface area contributed by atoms with Crippen molar-refractivity contribution in [2.24, 2.45) is 5.41 Å². The zero-order valence-electron chi connectivity index (χ0n) is 20.4. The second kappa shape index (κ2) is 11.4. The summed E-state index contributed by atoms with van der Waals surface area (Å²) in [6.07, 6.45) is -0.818. The van der Waals surface area contributed by atoms with Crippen LogP contribution in [-0.4, -0.2) is 53.5 Å². The predicted octanol–water partition coefficient (Wildman–Crippen LogP) is 3.67. The maximum absolute atomic E-state index is 13.0. The van der Waals surface area contributed by atoms with Crippen LogP contribution in [0.5, 0.6) is 0 Å². The first-order chi connectivity index (χ1) is 16.6. The first kappa shape index (κ1) is 26.2. The fraction of sp³-hybridized carbons (Fsp3) is 0.444. The van der Waals surface area contributed by atoms with Crippen molar-refractivity contribution in [3.05, 3.63) is 59.7 Å². The van der Waals surface area contributed by atoms with Crippen molar-refractivity contribution in [1.29, 1.82) is 0 Å². The molecule has 1 aliphatic rings. The number of benzene rings is 2. The third-order valence-corrected chi connectivity index (χ3v) is 6.38. The highest BCUT2D eigenvalue weighted by Crippen LogP contribution is 2.44. The Morgan fingerprint density at radius 1 is 0.943 bits per heavy atom. The molecule has 0 saturated heterocycles. The third kappa shape index (κ3) is 6.60. The number of nitrogens with one attached hydrogen (secondary N) is 2. The molecule has 0 bridgehead atoms. The molecule has 35 heavy (non-hydrogen) atoms. The second-order valence-electron chi connectivity index (χ2n) is 9.89. The molecule has 0 spiro atoms. The van der Waals surface area contributed by atoms with Crippen LogP contribution in [0.2, 0.25) is 0 Å². The SMILES string of the molecule is CC(C)(C)C(CCO)NC(=O)C(CCC(=O)O)NC(=O)OCC1c2ccccc2-c2ccccc21. The Morgan fingerprint density at radius 2 is 1.51 bits per heavy atom. The van der Waals surface area contributed by atoms with Gasteiger partial charge in [-0.15, -0.1) is 0 Å². The molecule has 3 rings (SSSR count). The van der Waals surface area contributed by atoms with Crippen LogP contribution in [0, 0.1) is 5.41 Å². The van der Waals surface area contributed by atoms with E-state index in [1.807, 2.05) is 69.3 Å². The van der Waals surface area contributed by atoms with Gasteiger partial charge in [0.1, 0.15) is 12.6 Å². The average molecular weight is 483 g/mol. The van der Waals surface area contributed by atoms with Crippen LogP contribution in [0.15, 0.2) is 48.5 Å². The lowest BCUT2D eigenvalue weighted by Crippen LogP contribution is -2.53. The molecule has 188 valence electrons. The molecule has 8 heteroatoms. The highest BCUT2D eigenvalue weighted by molar-refractivity contribution is 5.86. The number of carbonyl (C=O) groups excluding carboxylic acids is 2. The Balaban J connectivity index is 1.68. The number of aliphatic hydroxyl groups is 1. The van der Waals surface area contributed by atoms with Crippen molar-refractivity contribution in [3.8, 4) is 11.1 Å². The molecular weight excluding hydrogens is 448 g/mol. The maximum Gasteiger partial charge on any atom is 0.407 e. The Labute approximate surface area is 205 Å². The minimum atomic E-state index is -1.08. The zero-order chi connectivity index (χ0) is 25.6. The Kier molecular flexibility index (Phi) is 8.51. The monoisotopic (exact) mass is 482 g/mol. The number of hydrogen-bond acceptors (Lipinski definition) is 5. The number of alkyl carbamates (subject to hydrolysis) is 1. The van der Waals surface area contributed by atoms with E-state index < -0.39 is 24.0 Å². The van der Waals surface area contributed by atoms with Crippen LogP contribution in [0.3, 0.4) is 0 Å². The van der Waals surface area contributed by atoms with Gasteiger partial charge in [0.15, 0.2) is 0 Å². The van der Waals surface area contributed by atoms with Gasteiger partial charge in [-0.2, -0.15) is 0 Å². The molecular formula is C27H34N2O6. The van der Waals surface area contributed by atoms with Crippen LogP contribution in [0.1, 0.15) is 57.1 Å². The summed E-state index contributed by atoms with van der Waals surface area (Å²) in [5, 5.41) is 23.9. The van der Waals surface area contributed by atoms with E-state index in [-0.39, 0.29) is 43.4 Å². The number of aliphatic hydroxyl groups excluding tert-OH is 1. The number of fused-ring (bicyclic) bond motifs is 3. The summed E-state index contributed by atoms with van der Waals surface area (Å²) in [5.41, 5.74) is 4.01. The number of amides is 2. The number of carboxylic acid groups (broad SMARTS) is 1. The summed E-state index contributed by atoms with van der Waals surface area (Å²) >= 11 is 0. The molecule has 0 fully saturated rings. The van der Waals surface area contributed by atoms with E-state index in [0.29, 0.717) is 6.42 Å². The quantitative estimate of drug-likeness (QED) is 0.410.